The van der Waals surface area contributed by atoms with Crippen molar-refractivity contribution in [2.75, 3.05) is 31.7 Å². The van der Waals surface area contributed by atoms with Crippen molar-refractivity contribution in [3.63, 3.8) is 0 Å². The van der Waals surface area contributed by atoms with Crippen molar-refractivity contribution >= 4 is 11.6 Å². The molecule has 196 valence electrons. The number of alkyl halides is 3. The minimum atomic E-state index is -4.60. The Morgan fingerprint density at radius 3 is 2.76 bits per heavy atom. The molecular formula is C26H26F3N3O5. The molecule has 37 heavy (non-hydrogen) atoms. The molecule has 0 spiro atoms. The van der Waals surface area contributed by atoms with Gasteiger partial charge in [-0.2, -0.15) is 13.2 Å². The molecule has 3 N–H and O–H groups in total. The van der Waals surface area contributed by atoms with E-state index < -0.39 is 23.8 Å². The van der Waals surface area contributed by atoms with Crippen molar-refractivity contribution in [3.8, 4) is 17.0 Å². The molecule has 1 saturated heterocycles. The van der Waals surface area contributed by atoms with Crippen LogP contribution in [0.2, 0.25) is 0 Å². The lowest BCUT2D eigenvalue weighted by Gasteiger charge is -2.28. The highest BCUT2D eigenvalue weighted by Crippen LogP contribution is 2.34. The second kappa shape index (κ2) is 11.2. The summed E-state index contributed by atoms with van der Waals surface area (Å²) in [6, 6.07) is 10.1. The molecule has 2 aromatic heterocycles. The van der Waals surface area contributed by atoms with Gasteiger partial charge in [-0.25, -0.2) is 4.98 Å². The van der Waals surface area contributed by atoms with Gasteiger partial charge in [-0.1, -0.05) is 6.07 Å². The summed E-state index contributed by atoms with van der Waals surface area (Å²) in [5, 5.41) is 22.2. The number of nitrogens with zero attached hydrogens (tertiary/aromatic N) is 2. The maximum absolute atomic E-state index is 13.0. The van der Waals surface area contributed by atoms with Crippen LogP contribution in [0, 0.1) is 6.92 Å². The molecule has 0 saturated carbocycles. The third kappa shape index (κ3) is 6.43. The van der Waals surface area contributed by atoms with Gasteiger partial charge in [0.1, 0.15) is 12.3 Å². The van der Waals surface area contributed by atoms with Gasteiger partial charge in [0.25, 0.3) is 5.91 Å². The molecule has 2 atom stereocenters. The summed E-state index contributed by atoms with van der Waals surface area (Å²) in [6.07, 6.45) is -3.83. The molecule has 3 heterocycles. The Balaban J connectivity index is 1.66. The number of nitrogens with one attached hydrogen (secondary N) is 1. The molecule has 1 aromatic carbocycles. The lowest BCUT2D eigenvalue weighted by atomic mass is 9.91. The van der Waals surface area contributed by atoms with Crippen LogP contribution >= 0.6 is 0 Å². The summed E-state index contributed by atoms with van der Waals surface area (Å²) >= 11 is 0. The lowest BCUT2D eigenvalue weighted by molar-refractivity contribution is -0.137. The molecule has 1 fully saturated rings. The maximum Gasteiger partial charge on any atom is 0.416 e. The number of halogens is 3. The van der Waals surface area contributed by atoms with Gasteiger partial charge < -0.3 is 25.0 Å². The van der Waals surface area contributed by atoms with E-state index in [1.165, 1.54) is 0 Å². The van der Waals surface area contributed by atoms with Gasteiger partial charge in [-0.15, -0.1) is 0 Å². The summed E-state index contributed by atoms with van der Waals surface area (Å²) in [6.45, 7) is 2.36. The van der Waals surface area contributed by atoms with Crippen molar-refractivity contribution in [2.24, 2.45) is 0 Å². The van der Waals surface area contributed by atoms with Crippen LogP contribution < -0.4 is 10.1 Å². The Kier molecular flexibility index (Phi) is 8.06. The number of hydrogen-bond donors (Lipinski definition) is 3. The smallest absolute Gasteiger partial charge is 0.416 e. The zero-order valence-corrected chi connectivity index (χ0v) is 20.0. The zero-order chi connectivity index (χ0) is 26.6. The number of pyridine rings is 2. The summed E-state index contributed by atoms with van der Waals surface area (Å²) in [4.78, 5) is 20.9. The number of hydrogen-bond acceptors (Lipinski definition) is 7. The third-order valence-corrected chi connectivity index (χ3v) is 6.00. The number of anilines is 1. The van der Waals surface area contributed by atoms with Crippen LogP contribution in [-0.4, -0.2) is 58.6 Å². The average Bonchev–Trinajstić information content (AvgIpc) is 2.88. The number of benzene rings is 1. The second-order valence-corrected chi connectivity index (χ2v) is 8.64. The highest BCUT2D eigenvalue weighted by Gasteiger charge is 2.31. The van der Waals surface area contributed by atoms with Crippen LogP contribution in [0.5, 0.6) is 5.88 Å². The van der Waals surface area contributed by atoms with E-state index in [0.717, 1.165) is 17.8 Å². The van der Waals surface area contributed by atoms with E-state index in [2.05, 4.69) is 15.3 Å². The van der Waals surface area contributed by atoms with Crippen LogP contribution in [0.3, 0.4) is 0 Å². The van der Waals surface area contributed by atoms with Crippen molar-refractivity contribution < 1.29 is 37.7 Å². The first-order valence-electron chi connectivity index (χ1n) is 11.6. The number of amides is 1. The molecule has 0 radical (unpaired) electrons. The van der Waals surface area contributed by atoms with Crippen molar-refractivity contribution in [3.05, 3.63) is 71.2 Å². The molecule has 8 nitrogen and oxygen atoms in total. The van der Waals surface area contributed by atoms with E-state index in [9.17, 15) is 28.2 Å². The molecule has 2 unspecified atom stereocenters. The molecule has 4 rings (SSSR count). The number of carbonyl (C=O) groups is 1. The molecule has 0 aliphatic carbocycles. The van der Waals surface area contributed by atoms with E-state index in [1.807, 2.05) is 13.0 Å². The van der Waals surface area contributed by atoms with E-state index >= 15 is 0 Å². The number of ether oxygens (including phenoxy) is 2. The first-order chi connectivity index (χ1) is 17.7. The van der Waals surface area contributed by atoms with Crippen LogP contribution in [-0.2, 0) is 10.9 Å². The number of aliphatic hydroxyl groups is 2. The Labute approximate surface area is 211 Å². The maximum atomic E-state index is 13.0. The van der Waals surface area contributed by atoms with E-state index in [4.69, 9.17) is 9.47 Å². The van der Waals surface area contributed by atoms with Crippen LogP contribution in [0.15, 0.2) is 48.7 Å². The quantitative estimate of drug-likeness (QED) is 0.435. The summed E-state index contributed by atoms with van der Waals surface area (Å²) in [5.74, 6) is -0.795. The van der Waals surface area contributed by atoms with Crippen molar-refractivity contribution in [1.82, 2.24) is 9.97 Å². The van der Waals surface area contributed by atoms with Crippen LogP contribution in [0.4, 0.5) is 18.9 Å². The van der Waals surface area contributed by atoms with Gasteiger partial charge in [0.05, 0.1) is 30.6 Å². The fraction of sp³-hybridized carbons (Fsp3) is 0.346. The normalized spacial score (nSPS) is 17.9. The van der Waals surface area contributed by atoms with Gasteiger partial charge in [0.2, 0.25) is 5.88 Å². The number of carbonyl (C=O) groups excluding carboxylic acids is 1. The summed E-state index contributed by atoms with van der Waals surface area (Å²) in [7, 11) is 0. The van der Waals surface area contributed by atoms with Crippen molar-refractivity contribution in [2.45, 2.75) is 31.5 Å². The number of aryl methyl sites for hydroxylation is 1. The highest BCUT2D eigenvalue weighted by atomic mass is 19.4. The highest BCUT2D eigenvalue weighted by molar-refractivity contribution is 6.03. The molecule has 3 aromatic rings. The van der Waals surface area contributed by atoms with Crippen molar-refractivity contribution in [1.29, 1.82) is 0 Å². The Morgan fingerprint density at radius 1 is 1.22 bits per heavy atom. The molecule has 11 heteroatoms. The van der Waals surface area contributed by atoms with Crippen LogP contribution in [0.1, 0.15) is 39.6 Å². The van der Waals surface area contributed by atoms with Gasteiger partial charge in [0.15, 0.2) is 0 Å². The van der Waals surface area contributed by atoms with Gasteiger partial charge in [-0.05, 0) is 60.4 Å². The summed E-state index contributed by atoms with van der Waals surface area (Å²) in [5.41, 5.74) is 1.89. The minimum Gasteiger partial charge on any atom is -0.475 e. The number of aromatic nitrogens is 2. The topological polar surface area (TPSA) is 114 Å². The van der Waals surface area contributed by atoms with E-state index in [-0.39, 0.29) is 37.3 Å². The lowest BCUT2D eigenvalue weighted by Crippen LogP contribution is -2.31. The largest absolute Gasteiger partial charge is 0.475 e. The fourth-order valence-electron chi connectivity index (χ4n) is 4.10. The summed E-state index contributed by atoms with van der Waals surface area (Å²) < 4.78 is 50.0. The number of rotatable bonds is 7. The molecular weight excluding hydrogens is 491 g/mol. The predicted molar refractivity (Wildman–Crippen MR) is 128 cm³/mol. The predicted octanol–water partition coefficient (Wildman–Crippen LogP) is 3.96. The zero-order valence-electron chi connectivity index (χ0n) is 20.0. The Bertz CT molecular complexity index is 1270. The number of aliphatic hydroxyl groups excluding tert-OH is 2. The van der Waals surface area contributed by atoms with Crippen LogP contribution in [0.25, 0.3) is 11.1 Å². The molecule has 1 aliphatic heterocycles. The first-order valence-corrected chi connectivity index (χ1v) is 11.6. The average molecular weight is 518 g/mol. The standard InChI is InChI=1S/C26H26F3N3O5/c1-15-2-3-18(31-25(35)22-12-17(4-6-30-22)26(27,28)29)13-20(15)16-10-21(19-5-8-36-14-23(19)34)32-24(11-16)37-9-7-33/h2-4,6,10-13,19,23,33-34H,5,7-9,14H2,1H3,(H,31,35). The molecule has 1 aliphatic rings. The van der Waals surface area contributed by atoms with Gasteiger partial charge >= 0.3 is 6.18 Å². The SMILES string of the molecule is Cc1ccc(NC(=O)c2cc(C(F)(F)F)ccn2)cc1-c1cc(OCCO)nc(C2CCOCC2O)c1. The Hall–Kier alpha value is -3.54. The molecule has 1 amide bonds. The van der Waals surface area contributed by atoms with E-state index in [0.29, 0.717) is 41.6 Å². The van der Waals surface area contributed by atoms with Gasteiger partial charge in [0, 0.05) is 30.5 Å². The monoisotopic (exact) mass is 517 g/mol. The van der Waals surface area contributed by atoms with E-state index in [1.54, 1.807) is 24.3 Å². The molecule has 0 bridgehead atoms. The Morgan fingerprint density at radius 2 is 2.03 bits per heavy atom. The first kappa shape index (κ1) is 26.5. The van der Waals surface area contributed by atoms with Gasteiger partial charge in [-0.3, -0.25) is 9.78 Å². The fourth-order valence-corrected chi connectivity index (χ4v) is 4.10. The minimum absolute atomic E-state index is 0.0330. The third-order valence-electron chi connectivity index (χ3n) is 6.00. The second-order valence-electron chi connectivity index (χ2n) is 8.64.